The predicted molar refractivity (Wildman–Crippen MR) is 96.5 cm³/mol. The third-order valence-electron chi connectivity index (χ3n) is 4.74. The lowest BCUT2D eigenvalue weighted by molar-refractivity contribution is 0.106. The van der Waals surface area contributed by atoms with Crippen LogP contribution in [0.15, 0.2) is 83.0 Å². The van der Waals surface area contributed by atoms with E-state index in [0.717, 1.165) is 24.1 Å². The third kappa shape index (κ3) is 2.73. The van der Waals surface area contributed by atoms with Crippen LogP contribution in [0.1, 0.15) is 28.8 Å². The van der Waals surface area contributed by atoms with Crippen LogP contribution in [0, 0.1) is 11.8 Å². The first-order valence-corrected chi connectivity index (χ1v) is 8.29. The molecule has 0 spiro atoms. The van der Waals surface area contributed by atoms with Gasteiger partial charge in [0.15, 0.2) is 0 Å². The molecule has 24 heavy (non-hydrogen) atoms. The highest BCUT2D eigenvalue weighted by Crippen LogP contribution is 2.40. The van der Waals surface area contributed by atoms with E-state index in [4.69, 9.17) is 0 Å². The quantitative estimate of drug-likeness (QED) is 0.359. The molecule has 2 aromatic carbocycles. The summed E-state index contributed by atoms with van der Waals surface area (Å²) in [5, 5.41) is 8.82. The van der Waals surface area contributed by atoms with E-state index in [1.54, 1.807) is 0 Å². The van der Waals surface area contributed by atoms with Crippen LogP contribution >= 0.6 is 0 Å². The zero-order valence-corrected chi connectivity index (χ0v) is 13.3. The van der Waals surface area contributed by atoms with E-state index in [1.807, 2.05) is 60.7 Å². The number of carbonyl (C=O) groups is 1. The summed E-state index contributed by atoms with van der Waals surface area (Å²) in [7, 11) is 0. The second-order valence-corrected chi connectivity index (χ2v) is 6.24. The van der Waals surface area contributed by atoms with Gasteiger partial charge in [-0.15, -0.1) is 5.10 Å². The minimum absolute atomic E-state index is 0.0911. The molecule has 3 nitrogen and oxygen atoms in total. The summed E-state index contributed by atoms with van der Waals surface area (Å²) >= 11 is 0. The summed E-state index contributed by atoms with van der Waals surface area (Å²) in [4.78, 5) is 12.9. The predicted octanol–water partition coefficient (Wildman–Crippen LogP) is 4.31. The number of Topliss-reactive ketones (excluding diaryl/α,β-unsaturated/α-hetero) is 1. The second-order valence-electron chi connectivity index (χ2n) is 6.24. The van der Waals surface area contributed by atoms with Gasteiger partial charge in [-0.3, -0.25) is 4.79 Å². The standard InChI is InChI=1S/C21H18N2O/c24-21(16-10-5-2-6-11-16)20(15-8-3-1-4-9-15)23-22-19-14-17-12-7-13-18(17)19/h1-12,17-18H,13-14H2/b22-19-,23-20-/t17-,18+/m1/s1. The van der Waals surface area contributed by atoms with Crippen molar-refractivity contribution in [3.05, 3.63) is 83.9 Å². The van der Waals surface area contributed by atoms with Crippen LogP contribution in [0.4, 0.5) is 0 Å². The molecule has 2 aromatic rings. The number of fused-ring (bicyclic) bond motifs is 1. The van der Waals surface area contributed by atoms with Gasteiger partial charge in [0.05, 0.1) is 0 Å². The summed E-state index contributed by atoms with van der Waals surface area (Å²) in [6, 6.07) is 18.8. The van der Waals surface area contributed by atoms with Gasteiger partial charge < -0.3 is 0 Å². The molecule has 0 bridgehead atoms. The van der Waals surface area contributed by atoms with Crippen molar-refractivity contribution in [2.45, 2.75) is 12.8 Å². The number of rotatable bonds is 4. The molecule has 0 unspecified atom stereocenters. The SMILES string of the molecule is O=C(/C(=N\N=C1\C[C@H]2C=CC[C@H]12)c1ccccc1)c1ccccc1. The van der Waals surface area contributed by atoms with Crippen LogP contribution in [0.3, 0.4) is 0 Å². The lowest BCUT2D eigenvalue weighted by atomic mass is 9.74. The fraction of sp³-hybridized carbons (Fsp3) is 0.190. The smallest absolute Gasteiger partial charge is 0.213 e. The molecule has 2 aliphatic carbocycles. The average Bonchev–Trinajstić information content (AvgIpc) is 3.00. The van der Waals surface area contributed by atoms with Gasteiger partial charge in [0.1, 0.15) is 5.71 Å². The van der Waals surface area contributed by atoms with Gasteiger partial charge in [0, 0.05) is 22.8 Å². The molecule has 0 aromatic heterocycles. The van der Waals surface area contributed by atoms with Crippen LogP contribution in [0.2, 0.25) is 0 Å². The summed E-state index contributed by atoms with van der Waals surface area (Å²) in [5.41, 5.74) is 2.95. The van der Waals surface area contributed by atoms with Crippen molar-refractivity contribution in [3.8, 4) is 0 Å². The van der Waals surface area contributed by atoms with E-state index in [0.29, 0.717) is 23.1 Å². The lowest BCUT2D eigenvalue weighted by Gasteiger charge is -2.31. The average molecular weight is 314 g/mol. The number of allylic oxidation sites excluding steroid dienone is 2. The molecule has 0 amide bonds. The van der Waals surface area contributed by atoms with Gasteiger partial charge in [-0.05, 0) is 18.8 Å². The van der Waals surface area contributed by atoms with E-state index < -0.39 is 0 Å². The van der Waals surface area contributed by atoms with Crippen LogP contribution in [0.5, 0.6) is 0 Å². The Kier molecular flexibility index (Phi) is 3.91. The fourth-order valence-corrected chi connectivity index (χ4v) is 3.32. The van der Waals surface area contributed by atoms with E-state index in [2.05, 4.69) is 22.4 Å². The van der Waals surface area contributed by atoms with Gasteiger partial charge in [0.25, 0.3) is 0 Å². The van der Waals surface area contributed by atoms with Crippen LogP contribution in [-0.4, -0.2) is 17.2 Å². The summed E-state index contributed by atoms with van der Waals surface area (Å²) in [5.74, 6) is 1.04. The summed E-state index contributed by atoms with van der Waals surface area (Å²) in [6.07, 6.45) is 6.49. The minimum Gasteiger partial charge on any atom is -0.287 e. The monoisotopic (exact) mass is 314 g/mol. The molecule has 0 N–H and O–H groups in total. The van der Waals surface area contributed by atoms with E-state index in [-0.39, 0.29) is 5.78 Å². The zero-order chi connectivity index (χ0) is 16.4. The maximum atomic E-state index is 12.9. The van der Waals surface area contributed by atoms with Crippen molar-refractivity contribution in [1.29, 1.82) is 0 Å². The number of hydrogen-bond donors (Lipinski definition) is 0. The van der Waals surface area contributed by atoms with E-state index in [1.165, 1.54) is 0 Å². The highest BCUT2D eigenvalue weighted by molar-refractivity contribution is 6.51. The number of carbonyl (C=O) groups excluding carboxylic acids is 1. The Balaban J connectivity index is 1.68. The molecule has 4 rings (SSSR count). The first kappa shape index (κ1) is 14.8. The molecule has 2 atom stereocenters. The molecule has 0 radical (unpaired) electrons. The van der Waals surface area contributed by atoms with Gasteiger partial charge in [-0.2, -0.15) is 5.10 Å². The fourth-order valence-electron chi connectivity index (χ4n) is 3.32. The molecule has 0 aliphatic heterocycles. The first-order valence-electron chi connectivity index (χ1n) is 8.29. The first-order chi connectivity index (χ1) is 11.8. The normalized spacial score (nSPS) is 23.8. The van der Waals surface area contributed by atoms with E-state index in [9.17, 15) is 4.79 Å². The van der Waals surface area contributed by atoms with Crippen molar-refractivity contribution in [2.24, 2.45) is 22.0 Å². The van der Waals surface area contributed by atoms with Crippen molar-refractivity contribution in [1.82, 2.24) is 0 Å². The van der Waals surface area contributed by atoms with Crippen LogP contribution in [0.25, 0.3) is 0 Å². The molecule has 118 valence electrons. The Bertz CT molecular complexity index is 835. The largest absolute Gasteiger partial charge is 0.287 e. The van der Waals surface area contributed by atoms with Gasteiger partial charge >= 0.3 is 0 Å². The molecular formula is C21H18N2O. The number of hydrogen-bond acceptors (Lipinski definition) is 3. The Hall–Kier alpha value is -2.81. The minimum atomic E-state index is -0.0911. The van der Waals surface area contributed by atoms with Crippen LogP contribution < -0.4 is 0 Å². The van der Waals surface area contributed by atoms with Gasteiger partial charge in [-0.1, -0.05) is 72.8 Å². The maximum Gasteiger partial charge on any atom is 0.213 e. The Morgan fingerprint density at radius 3 is 2.25 bits per heavy atom. The topological polar surface area (TPSA) is 41.8 Å². The number of nitrogens with zero attached hydrogens (tertiary/aromatic N) is 2. The Morgan fingerprint density at radius 1 is 0.917 bits per heavy atom. The second kappa shape index (κ2) is 6.36. The Labute approximate surface area is 141 Å². The van der Waals surface area contributed by atoms with E-state index >= 15 is 0 Å². The van der Waals surface area contributed by atoms with Crippen molar-refractivity contribution < 1.29 is 4.79 Å². The van der Waals surface area contributed by atoms with Gasteiger partial charge in [0.2, 0.25) is 5.78 Å². The molecule has 3 heteroatoms. The number of benzene rings is 2. The summed E-state index contributed by atoms with van der Waals surface area (Å²) < 4.78 is 0. The lowest BCUT2D eigenvalue weighted by Crippen LogP contribution is -2.33. The molecular weight excluding hydrogens is 296 g/mol. The van der Waals surface area contributed by atoms with Crippen molar-refractivity contribution >= 4 is 17.2 Å². The molecule has 0 saturated heterocycles. The number of ketones is 1. The highest BCUT2D eigenvalue weighted by Gasteiger charge is 2.38. The highest BCUT2D eigenvalue weighted by atomic mass is 16.1. The molecule has 1 fully saturated rings. The maximum absolute atomic E-state index is 12.9. The van der Waals surface area contributed by atoms with Crippen molar-refractivity contribution in [2.75, 3.05) is 0 Å². The molecule has 2 aliphatic rings. The zero-order valence-electron chi connectivity index (χ0n) is 13.3. The van der Waals surface area contributed by atoms with Crippen molar-refractivity contribution in [3.63, 3.8) is 0 Å². The van der Waals surface area contributed by atoms with Crippen LogP contribution in [-0.2, 0) is 0 Å². The Morgan fingerprint density at radius 2 is 1.58 bits per heavy atom. The van der Waals surface area contributed by atoms with Gasteiger partial charge in [-0.25, -0.2) is 0 Å². The third-order valence-corrected chi connectivity index (χ3v) is 4.74. The molecule has 0 heterocycles. The summed E-state index contributed by atoms with van der Waals surface area (Å²) in [6.45, 7) is 0. The molecule has 1 saturated carbocycles.